The van der Waals surface area contributed by atoms with E-state index in [1.165, 1.54) is 24.0 Å². The van der Waals surface area contributed by atoms with Crippen LogP contribution in [0.15, 0.2) is 17.7 Å². The van der Waals surface area contributed by atoms with E-state index in [1.807, 2.05) is 6.07 Å². The predicted octanol–water partition coefficient (Wildman–Crippen LogP) is 4.11. The number of allylic oxidation sites excluding steroid dienone is 1. The first kappa shape index (κ1) is 11.0. The molecule has 0 amide bonds. The third-order valence-electron chi connectivity index (χ3n) is 3.38. The van der Waals surface area contributed by atoms with Crippen molar-refractivity contribution in [1.29, 1.82) is 0 Å². The smallest absolute Gasteiger partial charge is 0.231 e. The third kappa shape index (κ3) is 1.81. The van der Waals surface area contributed by atoms with Gasteiger partial charge in [0.05, 0.1) is 0 Å². The minimum atomic E-state index is 0.322. The van der Waals surface area contributed by atoms with E-state index in [4.69, 9.17) is 21.1 Å². The average molecular weight is 251 g/mol. The van der Waals surface area contributed by atoms with Gasteiger partial charge in [-0.3, -0.25) is 0 Å². The Morgan fingerprint density at radius 2 is 2.00 bits per heavy atom. The minimum absolute atomic E-state index is 0.322. The Hall–Kier alpha value is -1.15. The molecule has 17 heavy (non-hydrogen) atoms. The largest absolute Gasteiger partial charge is 0.454 e. The van der Waals surface area contributed by atoms with E-state index in [-0.39, 0.29) is 0 Å². The lowest BCUT2D eigenvalue weighted by Gasteiger charge is -2.02. The number of unbranched alkanes of at least 4 members (excludes halogenated alkanes) is 1. The van der Waals surface area contributed by atoms with Crippen LogP contribution >= 0.6 is 11.6 Å². The summed E-state index contributed by atoms with van der Waals surface area (Å²) in [6.45, 7) is 2.52. The summed E-state index contributed by atoms with van der Waals surface area (Å²) in [6.07, 6.45) is 4.46. The highest BCUT2D eigenvalue weighted by Gasteiger charge is 2.24. The maximum absolute atomic E-state index is 6.43. The molecule has 2 aliphatic rings. The zero-order valence-electron chi connectivity index (χ0n) is 9.88. The fraction of sp³-hybridized carbons (Fsp3) is 0.429. The minimum Gasteiger partial charge on any atom is -0.454 e. The second kappa shape index (κ2) is 4.26. The van der Waals surface area contributed by atoms with Gasteiger partial charge in [0, 0.05) is 10.6 Å². The van der Waals surface area contributed by atoms with Crippen molar-refractivity contribution in [2.45, 2.75) is 32.6 Å². The van der Waals surface area contributed by atoms with Crippen LogP contribution in [0, 0.1) is 0 Å². The van der Waals surface area contributed by atoms with Crippen LogP contribution in [0.5, 0.6) is 11.5 Å². The Morgan fingerprint density at radius 3 is 2.76 bits per heavy atom. The van der Waals surface area contributed by atoms with Gasteiger partial charge in [0.25, 0.3) is 0 Å². The fourth-order valence-electron chi connectivity index (χ4n) is 2.42. The lowest BCUT2D eigenvalue weighted by Crippen LogP contribution is -1.93. The van der Waals surface area contributed by atoms with Crippen LogP contribution in [-0.2, 0) is 6.42 Å². The van der Waals surface area contributed by atoms with E-state index in [2.05, 4.69) is 13.0 Å². The molecule has 0 spiro atoms. The van der Waals surface area contributed by atoms with Crippen LogP contribution in [0.25, 0.3) is 5.03 Å². The van der Waals surface area contributed by atoms with E-state index >= 15 is 0 Å². The number of ether oxygens (including phenoxy) is 2. The standard InChI is InChI=1S/C14H15ClO2/c1-2-3-4-9-5-10-6-12-13(17-8-16-12)7-11(10)14(9)15/h6-7H,2-5,8H2,1H3. The second-order valence-corrected chi connectivity index (χ2v) is 4.94. The van der Waals surface area contributed by atoms with Crippen molar-refractivity contribution in [2.75, 3.05) is 6.79 Å². The van der Waals surface area contributed by atoms with Crippen LogP contribution in [0.4, 0.5) is 0 Å². The Morgan fingerprint density at radius 1 is 1.24 bits per heavy atom. The molecule has 2 nitrogen and oxygen atoms in total. The first-order chi connectivity index (χ1) is 8.29. The van der Waals surface area contributed by atoms with Crippen LogP contribution < -0.4 is 9.47 Å². The molecule has 0 N–H and O–H groups in total. The van der Waals surface area contributed by atoms with Gasteiger partial charge in [-0.15, -0.1) is 0 Å². The summed E-state index contributed by atoms with van der Waals surface area (Å²) in [5.74, 6) is 1.67. The molecule has 1 aliphatic heterocycles. The van der Waals surface area contributed by atoms with E-state index in [0.717, 1.165) is 34.9 Å². The maximum atomic E-state index is 6.43. The summed E-state index contributed by atoms with van der Waals surface area (Å²) in [6, 6.07) is 4.08. The third-order valence-corrected chi connectivity index (χ3v) is 3.85. The van der Waals surface area contributed by atoms with Gasteiger partial charge in [-0.25, -0.2) is 0 Å². The van der Waals surface area contributed by atoms with E-state index in [9.17, 15) is 0 Å². The van der Waals surface area contributed by atoms with Gasteiger partial charge in [0.1, 0.15) is 0 Å². The van der Waals surface area contributed by atoms with Crippen molar-refractivity contribution in [2.24, 2.45) is 0 Å². The van der Waals surface area contributed by atoms with Gasteiger partial charge in [0.2, 0.25) is 6.79 Å². The van der Waals surface area contributed by atoms with Crippen LogP contribution in [0.1, 0.15) is 37.3 Å². The molecule has 1 aliphatic carbocycles. The van der Waals surface area contributed by atoms with Crippen molar-refractivity contribution in [3.63, 3.8) is 0 Å². The summed E-state index contributed by atoms with van der Waals surface area (Å²) >= 11 is 6.43. The lowest BCUT2D eigenvalue weighted by molar-refractivity contribution is 0.174. The zero-order chi connectivity index (χ0) is 11.8. The number of halogens is 1. The Kier molecular flexibility index (Phi) is 2.75. The monoisotopic (exact) mass is 250 g/mol. The number of fused-ring (bicyclic) bond motifs is 2. The normalized spacial score (nSPS) is 16.6. The summed E-state index contributed by atoms with van der Waals surface area (Å²) in [5.41, 5.74) is 3.75. The van der Waals surface area contributed by atoms with Crippen LogP contribution in [-0.4, -0.2) is 6.79 Å². The number of hydrogen-bond acceptors (Lipinski definition) is 2. The van der Waals surface area contributed by atoms with Gasteiger partial charge in [-0.05, 0) is 42.5 Å². The summed E-state index contributed by atoms with van der Waals surface area (Å²) in [4.78, 5) is 0. The van der Waals surface area contributed by atoms with Gasteiger partial charge in [-0.1, -0.05) is 24.9 Å². The van der Waals surface area contributed by atoms with Crippen molar-refractivity contribution in [1.82, 2.24) is 0 Å². The van der Waals surface area contributed by atoms with Crippen molar-refractivity contribution >= 4 is 16.6 Å². The molecule has 1 aromatic rings. The second-order valence-electron chi connectivity index (χ2n) is 4.56. The molecule has 0 radical (unpaired) electrons. The molecule has 0 atom stereocenters. The van der Waals surface area contributed by atoms with Crippen LogP contribution in [0.2, 0.25) is 0 Å². The molecule has 3 heteroatoms. The number of rotatable bonds is 3. The molecular weight excluding hydrogens is 236 g/mol. The highest BCUT2D eigenvalue weighted by atomic mass is 35.5. The summed E-state index contributed by atoms with van der Waals surface area (Å²) in [5, 5.41) is 0.923. The molecule has 1 heterocycles. The highest BCUT2D eigenvalue weighted by molar-refractivity contribution is 6.50. The zero-order valence-corrected chi connectivity index (χ0v) is 10.6. The van der Waals surface area contributed by atoms with Gasteiger partial charge in [0.15, 0.2) is 11.5 Å². The Bertz CT molecular complexity index is 491. The van der Waals surface area contributed by atoms with Crippen molar-refractivity contribution in [3.05, 3.63) is 28.8 Å². The van der Waals surface area contributed by atoms with Gasteiger partial charge in [-0.2, -0.15) is 0 Å². The summed E-state index contributed by atoms with van der Waals surface area (Å²) in [7, 11) is 0. The highest BCUT2D eigenvalue weighted by Crippen LogP contribution is 2.44. The van der Waals surface area contributed by atoms with Gasteiger partial charge < -0.3 is 9.47 Å². The summed E-state index contributed by atoms with van der Waals surface area (Å²) < 4.78 is 10.8. The molecule has 0 bridgehead atoms. The Labute approximate surface area is 106 Å². The molecule has 0 saturated carbocycles. The van der Waals surface area contributed by atoms with Gasteiger partial charge >= 0.3 is 0 Å². The van der Waals surface area contributed by atoms with Crippen molar-refractivity contribution in [3.8, 4) is 11.5 Å². The first-order valence-corrected chi connectivity index (χ1v) is 6.48. The van der Waals surface area contributed by atoms with E-state index in [1.54, 1.807) is 0 Å². The molecule has 1 aromatic carbocycles. The van der Waals surface area contributed by atoms with Crippen LogP contribution in [0.3, 0.4) is 0 Å². The number of benzene rings is 1. The predicted molar refractivity (Wildman–Crippen MR) is 68.6 cm³/mol. The molecule has 0 aromatic heterocycles. The van der Waals surface area contributed by atoms with Crippen molar-refractivity contribution < 1.29 is 9.47 Å². The van der Waals surface area contributed by atoms with E-state index in [0.29, 0.717) is 6.79 Å². The molecule has 0 saturated heterocycles. The average Bonchev–Trinajstić information content (AvgIpc) is 2.89. The SMILES string of the molecule is CCCCC1=C(Cl)c2cc3c(cc2C1)OCO3. The first-order valence-electron chi connectivity index (χ1n) is 6.10. The number of hydrogen-bond donors (Lipinski definition) is 0. The maximum Gasteiger partial charge on any atom is 0.231 e. The van der Waals surface area contributed by atoms with E-state index < -0.39 is 0 Å². The molecule has 0 unspecified atom stereocenters. The lowest BCUT2D eigenvalue weighted by atomic mass is 10.1. The fourth-order valence-corrected chi connectivity index (χ4v) is 2.76. The molecular formula is C14H15ClO2. The Balaban J connectivity index is 1.93. The molecule has 90 valence electrons. The molecule has 0 fully saturated rings. The molecule has 3 rings (SSSR count). The quantitative estimate of drug-likeness (QED) is 0.804. The topological polar surface area (TPSA) is 18.5 Å².